The van der Waals surface area contributed by atoms with Gasteiger partial charge in [0.05, 0.1) is 6.07 Å². The fourth-order valence-corrected chi connectivity index (χ4v) is 2.13. The maximum atomic E-state index is 12.0. The second-order valence-electron chi connectivity index (χ2n) is 4.55. The number of nitriles is 1. The lowest BCUT2D eigenvalue weighted by atomic mass is 9.94. The number of halogens is 3. The van der Waals surface area contributed by atoms with Crippen molar-refractivity contribution in [1.82, 2.24) is 4.90 Å². The van der Waals surface area contributed by atoms with Crippen LogP contribution in [-0.4, -0.2) is 29.7 Å². The molecule has 0 spiro atoms. The normalized spacial score (nSPS) is 21.7. The lowest BCUT2D eigenvalue weighted by molar-refractivity contribution is -0.136. The Morgan fingerprint density at radius 1 is 1.19 bits per heavy atom. The van der Waals surface area contributed by atoms with Gasteiger partial charge in [-0.3, -0.25) is 4.90 Å². The van der Waals surface area contributed by atoms with Gasteiger partial charge in [-0.2, -0.15) is 18.4 Å². The Balaban J connectivity index is 2.44. The summed E-state index contributed by atoms with van der Waals surface area (Å²) in [6.45, 7) is 3.40. The van der Waals surface area contributed by atoms with Gasteiger partial charge < -0.3 is 0 Å². The first-order chi connectivity index (χ1) is 7.37. The summed E-state index contributed by atoms with van der Waals surface area (Å²) in [5.74, 6) is 0. The second-order valence-corrected chi connectivity index (χ2v) is 4.55. The van der Waals surface area contributed by atoms with Gasteiger partial charge in [-0.05, 0) is 45.7 Å². The van der Waals surface area contributed by atoms with Crippen LogP contribution in [0.3, 0.4) is 0 Å². The zero-order valence-electron chi connectivity index (χ0n) is 9.48. The Labute approximate surface area is 94.0 Å². The molecule has 1 rings (SSSR count). The van der Waals surface area contributed by atoms with Gasteiger partial charge in [0.25, 0.3) is 0 Å². The van der Waals surface area contributed by atoms with Gasteiger partial charge in [-0.15, -0.1) is 0 Å². The van der Waals surface area contributed by atoms with Crippen LogP contribution in [0.15, 0.2) is 0 Å². The minimum Gasteiger partial charge on any atom is -0.286 e. The van der Waals surface area contributed by atoms with Crippen molar-refractivity contribution in [2.75, 3.05) is 13.1 Å². The molecule has 1 heterocycles. The van der Waals surface area contributed by atoms with Crippen LogP contribution in [0.25, 0.3) is 0 Å². The smallest absolute Gasteiger partial charge is 0.286 e. The third kappa shape index (κ3) is 3.67. The Hall–Kier alpha value is -0.760. The standard InChI is InChI=1S/C11H17F3N2/c1-10(9-15,16-7-2-3-8-16)5-4-6-11(12,13)14/h2-8H2,1H3. The summed E-state index contributed by atoms with van der Waals surface area (Å²) in [5.41, 5.74) is -0.720. The van der Waals surface area contributed by atoms with Crippen LogP contribution in [0.4, 0.5) is 13.2 Å². The average Bonchev–Trinajstić information content (AvgIpc) is 2.68. The van der Waals surface area contributed by atoms with E-state index in [0.717, 1.165) is 25.9 Å². The zero-order chi connectivity index (χ0) is 12.2. The van der Waals surface area contributed by atoms with Gasteiger partial charge in [0.2, 0.25) is 0 Å². The molecule has 0 saturated carbocycles. The Morgan fingerprint density at radius 2 is 1.75 bits per heavy atom. The Morgan fingerprint density at radius 3 is 2.19 bits per heavy atom. The molecule has 1 atom stereocenters. The van der Waals surface area contributed by atoms with E-state index in [2.05, 4.69) is 6.07 Å². The lowest BCUT2D eigenvalue weighted by Gasteiger charge is -2.32. The minimum absolute atomic E-state index is 0.0318. The molecule has 0 aromatic rings. The van der Waals surface area contributed by atoms with Crippen LogP contribution < -0.4 is 0 Å². The maximum absolute atomic E-state index is 12.0. The molecule has 1 unspecified atom stereocenters. The molecule has 0 aliphatic carbocycles. The van der Waals surface area contributed by atoms with Gasteiger partial charge in [0, 0.05) is 6.42 Å². The van der Waals surface area contributed by atoms with Gasteiger partial charge in [0.15, 0.2) is 0 Å². The molecule has 1 fully saturated rings. The molecule has 1 aliphatic heterocycles. The zero-order valence-corrected chi connectivity index (χ0v) is 9.48. The van der Waals surface area contributed by atoms with E-state index in [0.29, 0.717) is 6.42 Å². The van der Waals surface area contributed by atoms with Crippen LogP contribution in [-0.2, 0) is 0 Å². The lowest BCUT2D eigenvalue weighted by Crippen LogP contribution is -2.43. The van der Waals surface area contributed by atoms with Crippen LogP contribution in [0.2, 0.25) is 0 Å². The van der Waals surface area contributed by atoms with Crippen molar-refractivity contribution < 1.29 is 13.2 Å². The molecular weight excluding hydrogens is 217 g/mol. The maximum Gasteiger partial charge on any atom is 0.389 e. The summed E-state index contributed by atoms with van der Waals surface area (Å²) in [6, 6.07) is 2.17. The molecule has 16 heavy (non-hydrogen) atoms. The van der Waals surface area contributed by atoms with E-state index in [1.54, 1.807) is 6.92 Å². The van der Waals surface area contributed by atoms with E-state index in [4.69, 9.17) is 5.26 Å². The number of nitrogens with zero attached hydrogens (tertiary/aromatic N) is 2. The van der Waals surface area contributed by atoms with Crippen molar-refractivity contribution in [3.63, 3.8) is 0 Å². The SMILES string of the molecule is CC(C#N)(CCCC(F)(F)F)N1CCCC1. The fourth-order valence-electron chi connectivity index (χ4n) is 2.13. The summed E-state index contributed by atoms with van der Waals surface area (Å²) in [4.78, 5) is 2.00. The summed E-state index contributed by atoms with van der Waals surface area (Å²) >= 11 is 0. The molecule has 0 aromatic carbocycles. The van der Waals surface area contributed by atoms with Crippen molar-refractivity contribution in [3.8, 4) is 6.07 Å². The number of rotatable bonds is 4. The quantitative estimate of drug-likeness (QED) is 0.747. The van der Waals surface area contributed by atoms with Gasteiger partial charge >= 0.3 is 6.18 Å². The predicted molar refractivity (Wildman–Crippen MR) is 54.7 cm³/mol. The molecule has 0 bridgehead atoms. The molecule has 0 radical (unpaired) electrons. The summed E-state index contributed by atoms with van der Waals surface area (Å²) < 4.78 is 36.0. The van der Waals surface area contributed by atoms with Gasteiger partial charge in [-0.1, -0.05) is 0 Å². The summed E-state index contributed by atoms with van der Waals surface area (Å²) in [6.07, 6.45) is -2.50. The molecule has 2 nitrogen and oxygen atoms in total. The average molecular weight is 234 g/mol. The number of alkyl halides is 3. The Kier molecular flexibility index (Phi) is 4.20. The van der Waals surface area contributed by atoms with E-state index in [9.17, 15) is 13.2 Å². The van der Waals surface area contributed by atoms with E-state index < -0.39 is 18.1 Å². The van der Waals surface area contributed by atoms with Crippen LogP contribution in [0.1, 0.15) is 39.0 Å². The van der Waals surface area contributed by atoms with Crippen molar-refractivity contribution >= 4 is 0 Å². The van der Waals surface area contributed by atoms with Crippen LogP contribution in [0.5, 0.6) is 0 Å². The van der Waals surface area contributed by atoms with E-state index in [1.165, 1.54) is 0 Å². The largest absolute Gasteiger partial charge is 0.389 e. The molecule has 0 amide bonds. The van der Waals surface area contributed by atoms with Gasteiger partial charge in [0.1, 0.15) is 5.54 Å². The molecular formula is C11H17F3N2. The van der Waals surface area contributed by atoms with Crippen molar-refractivity contribution in [2.24, 2.45) is 0 Å². The van der Waals surface area contributed by atoms with E-state index in [1.807, 2.05) is 4.90 Å². The van der Waals surface area contributed by atoms with E-state index >= 15 is 0 Å². The van der Waals surface area contributed by atoms with Crippen molar-refractivity contribution in [1.29, 1.82) is 5.26 Å². The van der Waals surface area contributed by atoms with Crippen LogP contribution in [0, 0.1) is 11.3 Å². The first-order valence-corrected chi connectivity index (χ1v) is 5.60. The summed E-state index contributed by atoms with van der Waals surface area (Å²) in [7, 11) is 0. The van der Waals surface area contributed by atoms with E-state index in [-0.39, 0.29) is 6.42 Å². The highest BCUT2D eigenvalue weighted by Gasteiger charge is 2.35. The highest BCUT2D eigenvalue weighted by Crippen LogP contribution is 2.29. The van der Waals surface area contributed by atoms with Crippen molar-refractivity contribution in [2.45, 2.75) is 50.7 Å². The topological polar surface area (TPSA) is 27.0 Å². The number of hydrogen-bond acceptors (Lipinski definition) is 2. The predicted octanol–water partition coefficient (Wildman–Crippen LogP) is 3.10. The third-order valence-electron chi connectivity index (χ3n) is 3.17. The highest BCUT2D eigenvalue weighted by molar-refractivity contribution is 5.06. The second kappa shape index (κ2) is 5.05. The first kappa shape index (κ1) is 13.3. The number of hydrogen-bond donors (Lipinski definition) is 0. The Bertz CT molecular complexity index is 263. The third-order valence-corrected chi connectivity index (χ3v) is 3.17. The van der Waals surface area contributed by atoms with Crippen molar-refractivity contribution in [3.05, 3.63) is 0 Å². The summed E-state index contributed by atoms with van der Waals surface area (Å²) in [5, 5.41) is 9.10. The van der Waals surface area contributed by atoms with Crippen LogP contribution >= 0.6 is 0 Å². The highest BCUT2D eigenvalue weighted by atomic mass is 19.4. The fraction of sp³-hybridized carbons (Fsp3) is 0.909. The molecule has 92 valence electrons. The number of likely N-dealkylation sites (tertiary alicyclic amines) is 1. The molecule has 0 N–H and O–H groups in total. The monoisotopic (exact) mass is 234 g/mol. The minimum atomic E-state index is -4.11. The molecule has 1 saturated heterocycles. The molecule has 0 aromatic heterocycles. The molecule has 5 heteroatoms. The van der Waals surface area contributed by atoms with Gasteiger partial charge in [-0.25, -0.2) is 0 Å². The first-order valence-electron chi connectivity index (χ1n) is 5.60. The molecule has 1 aliphatic rings.